The number of aromatic nitrogens is 1. The van der Waals surface area contributed by atoms with Crippen molar-refractivity contribution in [2.45, 2.75) is 5.92 Å². The first-order chi connectivity index (χ1) is 14.6. The molecule has 3 rings (SSSR count). The molecule has 30 heavy (non-hydrogen) atoms. The number of benzene rings is 2. The van der Waals surface area contributed by atoms with Crippen molar-refractivity contribution in [3.05, 3.63) is 100 Å². The molecule has 0 aliphatic rings. The predicted octanol–water partition coefficient (Wildman–Crippen LogP) is 3.17. The zero-order valence-corrected chi connectivity index (χ0v) is 17.2. The van der Waals surface area contributed by atoms with E-state index in [0.29, 0.717) is 18.1 Å². The van der Waals surface area contributed by atoms with E-state index in [2.05, 4.69) is 10.3 Å². The maximum absolute atomic E-state index is 11.0. The number of nitrogens with one attached hydrogen (secondary N) is 1. The first-order valence-corrected chi connectivity index (χ1v) is 9.86. The number of rotatable bonds is 8. The van der Waals surface area contributed by atoms with Crippen molar-refractivity contribution in [3.8, 4) is 0 Å². The second-order valence-corrected chi connectivity index (χ2v) is 6.81. The number of carbonyl (C=O) groups is 1. The number of aliphatic hydroxyl groups excluding tert-OH is 2. The first kappa shape index (κ1) is 23.5. The summed E-state index contributed by atoms with van der Waals surface area (Å²) in [5.74, 6) is -1.05. The summed E-state index contributed by atoms with van der Waals surface area (Å²) in [6, 6.07) is 21.0. The average Bonchev–Trinajstić information content (AvgIpc) is 2.77. The van der Waals surface area contributed by atoms with Crippen molar-refractivity contribution in [3.63, 3.8) is 0 Å². The van der Waals surface area contributed by atoms with Gasteiger partial charge in [-0.25, -0.2) is 9.78 Å². The Morgan fingerprint density at radius 1 is 0.867 bits per heavy atom. The van der Waals surface area contributed by atoms with Crippen LogP contribution < -0.4 is 5.32 Å². The van der Waals surface area contributed by atoms with Crippen molar-refractivity contribution in [2.75, 3.05) is 26.3 Å². The van der Waals surface area contributed by atoms with Crippen molar-refractivity contribution in [2.24, 2.45) is 0 Å². The van der Waals surface area contributed by atoms with Gasteiger partial charge in [0.15, 0.2) is 0 Å². The number of hydrogen-bond donors (Lipinski definition) is 4. The third-order valence-corrected chi connectivity index (χ3v) is 4.50. The molecule has 0 fully saturated rings. The highest BCUT2D eigenvalue weighted by Crippen LogP contribution is 2.32. The molecule has 1 unspecified atom stereocenters. The van der Waals surface area contributed by atoms with Crippen molar-refractivity contribution >= 4 is 17.6 Å². The van der Waals surface area contributed by atoms with Gasteiger partial charge in [0.2, 0.25) is 0 Å². The number of carboxylic acid groups (broad SMARTS) is 1. The number of nitrogens with zero attached hydrogens (tertiary/aromatic N) is 1. The molecule has 1 atom stereocenters. The summed E-state index contributed by atoms with van der Waals surface area (Å²) in [5, 5.41) is 28.8. The lowest BCUT2D eigenvalue weighted by Crippen LogP contribution is -2.21. The maximum atomic E-state index is 11.0. The summed E-state index contributed by atoms with van der Waals surface area (Å²) in [6.07, 6.45) is 1.62. The number of aliphatic hydroxyl groups is 2. The van der Waals surface area contributed by atoms with E-state index in [9.17, 15) is 4.79 Å². The highest BCUT2D eigenvalue weighted by Gasteiger charge is 2.17. The van der Waals surface area contributed by atoms with E-state index in [0.717, 1.165) is 16.7 Å². The Hall–Kier alpha value is -2.77. The van der Waals surface area contributed by atoms with Crippen LogP contribution in [0.1, 0.15) is 33.1 Å². The molecule has 158 valence electrons. The van der Waals surface area contributed by atoms with Gasteiger partial charge in [0.1, 0.15) is 5.69 Å². The fraction of sp³-hybridized carbons (Fsp3) is 0.217. The molecule has 0 amide bonds. The molecule has 0 spiro atoms. The highest BCUT2D eigenvalue weighted by molar-refractivity contribution is 6.30. The number of hydrogen-bond acceptors (Lipinski definition) is 5. The van der Waals surface area contributed by atoms with Gasteiger partial charge in [0, 0.05) is 30.2 Å². The number of aromatic carboxylic acids is 1. The zero-order chi connectivity index (χ0) is 21.8. The van der Waals surface area contributed by atoms with Crippen LogP contribution in [0.4, 0.5) is 0 Å². The lowest BCUT2D eigenvalue weighted by atomic mass is 9.86. The van der Waals surface area contributed by atoms with E-state index in [1.807, 2.05) is 60.7 Å². The van der Waals surface area contributed by atoms with Gasteiger partial charge >= 0.3 is 5.97 Å². The summed E-state index contributed by atoms with van der Waals surface area (Å²) in [4.78, 5) is 15.0. The molecular weight excluding hydrogens is 404 g/mol. The molecule has 2 aromatic carbocycles. The Morgan fingerprint density at radius 2 is 1.43 bits per heavy atom. The van der Waals surface area contributed by atoms with Gasteiger partial charge < -0.3 is 20.6 Å². The van der Waals surface area contributed by atoms with Crippen LogP contribution in [-0.4, -0.2) is 52.6 Å². The monoisotopic (exact) mass is 428 g/mol. The highest BCUT2D eigenvalue weighted by atomic mass is 35.5. The van der Waals surface area contributed by atoms with Crippen LogP contribution in [0, 0.1) is 0 Å². The Morgan fingerprint density at radius 3 is 1.93 bits per heavy atom. The molecule has 4 N–H and O–H groups in total. The van der Waals surface area contributed by atoms with Crippen LogP contribution in [-0.2, 0) is 0 Å². The van der Waals surface area contributed by atoms with E-state index >= 15 is 0 Å². The minimum Gasteiger partial charge on any atom is -0.477 e. The summed E-state index contributed by atoms with van der Waals surface area (Å²) < 4.78 is 0. The third-order valence-electron chi connectivity index (χ3n) is 4.25. The molecule has 3 aromatic rings. The van der Waals surface area contributed by atoms with E-state index < -0.39 is 5.97 Å². The number of carboxylic acids is 1. The van der Waals surface area contributed by atoms with Crippen LogP contribution in [0.15, 0.2) is 72.9 Å². The largest absolute Gasteiger partial charge is 0.477 e. The molecule has 1 heterocycles. The lowest BCUT2D eigenvalue weighted by Gasteiger charge is -2.18. The Bertz CT molecular complexity index is 883. The van der Waals surface area contributed by atoms with Gasteiger partial charge in [0.05, 0.1) is 13.2 Å². The Kier molecular flexibility index (Phi) is 9.97. The molecule has 0 aliphatic heterocycles. The van der Waals surface area contributed by atoms with Gasteiger partial charge in [-0.1, -0.05) is 60.1 Å². The van der Waals surface area contributed by atoms with Crippen molar-refractivity contribution in [1.82, 2.24) is 10.3 Å². The SMILES string of the molecule is O=C(O)c1ccc(C(c2ccccc2)c2ccc(Cl)cc2)cn1.OCCNCCO. The second kappa shape index (κ2) is 12.7. The van der Waals surface area contributed by atoms with Crippen LogP contribution in [0.2, 0.25) is 5.02 Å². The lowest BCUT2D eigenvalue weighted by molar-refractivity contribution is 0.0690. The topological polar surface area (TPSA) is 103 Å². The molecule has 0 bridgehead atoms. The van der Waals surface area contributed by atoms with Crippen molar-refractivity contribution in [1.29, 1.82) is 0 Å². The van der Waals surface area contributed by atoms with E-state index in [4.69, 9.17) is 26.9 Å². The van der Waals surface area contributed by atoms with Gasteiger partial charge in [-0.05, 0) is 34.9 Å². The van der Waals surface area contributed by atoms with Gasteiger partial charge in [-0.3, -0.25) is 0 Å². The normalized spacial score (nSPS) is 11.3. The first-order valence-electron chi connectivity index (χ1n) is 9.49. The number of pyridine rings is 1. The van der Waals surface area contributed by atoms with Gasteiger partial charge in [0.25, 0.3) is 0 Å². The van der Waals surface area contributed by atoms with E-state index in [-0.39, 0.29) is 24.8 Å². The van der Waals surface area contributed by atoms with Crippen LogP contribution in [0.5, 0.6) is 0 Å². The fourth-order valence-electron chi connectivity index (χ4n) is 2.86. The molecule has 7 heteroatoms. The molecule has 0 radical (unpaired) electrons. The quantitative estimate of drug-likeness (QED) is 0.411. The van der Waals surface area contributed by atoms with Crippen LogP contribution in [0.3, 0.4) is 0 Å². The van der Waals surface area contributed by atoms with E-state index in [1.165, 1.54) is 6.07 Å². The Labute approximate surface area is 180 Å². The zero-order valence-electron chi connectivity index (χ0n) is 16.4. The molecule has 6 nitrogen and oxygen atoms in total. The second-order valence-electron chi connectivity index (χ2n) is 6.37. The smallest absolute Gasteiger partial charge is 0.354 e. The van der Waals surface area contributed by atoms with Crippen molar-refractivity contribution < 1.29 is 20.1 Å². The molecule has 0 saturated carbocycles. The standard InChI is InChI=1S/C19H14ClNO2.C4H11NO2/c20-16-9-6-14(7-10-16)18(13-4-2-1-3-5-13)15-8-11-17(19(22)23)21-12-15;6-3-1-5-2-4-7/h1-12,18H,(H,22,23);5-7H,1-4H2. The Balaban J connectivity index is 0.000000396. The summed E-state index contributed by atoms with van der Waals surface area (Å²) in [5.41, 5.74) is 3.16. The molecule has 1 aromatic heterocycles. The van der Waals surface area contributed by atoms with Crippen LogP contribution in [0.25, 0.3) is 0 Å². The van der Waals surface area contributed by atoms with E-state index in [1.54, 1.807) is 6.20 Å². The predicted molar refractivity (Wildman–Crippen MR) is 117 cm³/mol. The fourth-order valence-corrected chi connectivity index (χ4v) is 2.99. The molecular formula is C23H25ClN2O4. The number of halogens is 1. The minimum atomic E-state index is -1.03. The van der Waals surface area contributed by atoms with Gasteiger partial charge in [-0.15, -0.1) is 0 Å². The summed E-state index contributed by atoms with van der Waals surface area (Å²) >= 11 is 5.99. The maximum Gasteiger partial charge on any atom is 0.354 e. The minimum absolute atomic E-state index is 0.0242. The summed E-state index contributed by atoms with van der Waals surface area (Å²) in [7, 11) is 0. The average molecular weight is 429 g/mol. The third kappa shape index (κ3) is 7.24. The summed E-state index contributed by atoms with van der Waals surface area (Å²) in [6.45, 7) is 1.42. The molecule has 0 saturated heterocycles. The van der Waals surface area contributed by atoms with Crippen LogP contribution >= 0.6 is 11.6 Å². The molecule has 0 aliphatic carbocycles. The van der Waals surface area contributed by atoms with Gasteiger partial charge in [-0.2, -0.15) is 0 Å².